The molecule has 1 aromatic heterocycles. The molecule has 3 N–H and O–H groups in total. The smallest absolute Gasteiger partial charge is 0.305 e. The second-order valence-electron chi connectivity index (χ2n) is 5.71. The van der Waals surface area contributed by atoms with Crippen LogP contribution in [0.25, 0.3) is 0 Å². The van der Waals surface area contributed by atoms with E-state index in [1.165, 1.54) is 0 Å². The molecule has 20 heavy (non-hydrogen) atoms. The number of carbonyl (C=O) groups is 2. The zero-order chi connectivity index (χ0) is 14.8. The van der Waals surface area contributed by atoms with Crippen molar-refractivity contribution >= 4 is 11.9 Å². The zero-order valence-electron chi connectivity index (χ0n) is 11.8. The van der Waals surface area contributed by atoms with Gasteiger partial charge in [-0.05, 0) is 12.8 Å². The van der Waals surface area contributed by atoms with Gasteiger partial charge in [-0.2, -0.15) is 0 Å². The molecule has 0 radical (unpaired) electrons. The summed E-state index contributed by atoms with van der Waals surface area (Å²) >= 11 is 0. The predicted molar refractivity (Wildman–Crippen MR) is 71.4 cm³/mol. The van der Waals surface area contributed by atoms with E-state index in [0.717, 1.165) is 12.8 Å². The van der Waals surface area contributed by atoms with Crippen molar-refractivity contribution in [2.75, 3.05) is 0 Å². The number of carboxylic acids is 1. The number of nitrogens with zero attached hydrogens (tertiary/aromatic N) is 2. The van der Waals surface area contributed by atoms with Crippen LogP contribution in [0.2, 0.25) is 0 Å². The van der Waals surface area contributed by atoms with E-state index < -0.39 is 17.4 Å². The fourth-order valence-electron chi connectivity index (χ4n) is 2.62. The molecule has 7 nitrogen and oxygen atoms in total. The first kappa shape index (κ1) is 14.5. The summed E-state index contributed by atoms with van der Waals surface area (Å²) in [5, 5.41) is 18.5. The van der Waals surface area contributed by atoms with Gasteiger partial charge in [-0.25, -0.2) is 4.98 Å². The molecule has 1 saturated carbocycles. The number of carbonyl (C=O) groups excluding carboxylic acids is 1. The molecular weight excluding hydrogens is 260 g/mol. The van der Waals surface area contributed by atoms with Crippen LogP contribution in [-0.2, 0) is 4.79 Å². The topological polar surface area (TPSA) is 108 Å². The highest BCUT2D eigenvalue weighted by molar-refractivity contribution is 5.91. The lowest BCUT2D eigenvalue weighted by Gasteiger charge is -2.27. The van der Waals surface area contributed by atoms with E-state index in [0.29, 0.717) is 18.7 Å². The number of carboxylic acid groups (broad SMARTS) is 1. The van der Waals surface area contributed by atoms with Crippen molar-refractivity contribution in [3.8, 4) is 0 Å². The number of nitrogens with one attached hydrogen (secondary N) is 2. The van der Waals surface area contributed by atoms with Crippen LogP contribution in [0.15, 0.2) is 0 Å². The predicted octanol–water partition coefficient (Wildman–Crippen LogP) is 1.45. The van der Waals surface area contributed by atoms with Crippen LogP contribution in [0, 0.1) is 0 Å². The minimum atomic E-state index is -0.898. The van der Waals surface area contributed by atoms with Crippen molar-refractivity contribution in [1.82, 2.24) is 20.5 Å². The quantitative estimate of drug-likeness (QED) is 0.756. The Hall–Kier alpha value is -1.92. The summed E-state index contributed by atoms with van der Waals surface area (Å²) < 4.78 is 0. The summed E-state index contributed by atoms with van der Waals surface area (Å²) in [4.78, 5) is 27.3. The molecule has 1 fully saturated rings. The molecular formula is C13H20N4O3. The Balaban J connectivity index is 2.09. The SMILES string of the molecule is CC(C)c1nc(C(=O)NC2(CC(=O)O)CCCC2)n[nH]1. The number of hydrogen-bond acceptors (Lipinski definition) is 4. The maximum atomic E-state index is 12.2. The molecule has 0 aromatic carbocycles. The minimum Gasteiger partial charge on any atom is -0.481 e. The fourth-order valence-corrected chi connectivity index (χ4v) is 2.62. The van der Waals surface area contributed by atoms with Crippen molar-refractivity contribution in [2.24, 2.45) is 0 Å². The van der Waals surface area contributed by atoms with E-state index >= 15 is 0 Å². The number of rotatable bonds is 5. The van der Waals surface area contributed by atoms with Crippen molar-refractivity contribution in [3.05, 3.63) is 11.6 Å². The van der Waals surface area contributed by atoms with Crippen LogP contribution in [0.5, 0.6) is 0 Å². The lowest BCUT2D eigenvalue weighted by Crippen LogP contribution is -2.48. The summed E-state index contributed by atoms with van der Waals surface area (Å²) in [5.41, 5.74) is -0.651. The van der Waals surface area contributed by atoms with Gasteiger partial charge in [-0.15, -0.1) is 5.10 Å². The first-order chi connectivity index (χ1) is 9.42. The molecule has 1 amide bonds. The van der Waals surface area contributed by atoms with Crippen LogP contribution in [0.3, 0.4) is 0 Å². The Morgan fingerprint density at radius 3 is 2.55 bits per heavy atom. The highest BCUT2D eigenvalue weighted by Gasteiger charge is 2.38. The normalized spacial score (nSPS) is 17.4. The standard InChI is InChI=1S/C13H20N4O3/c1-8(2)10-14-11(17-16-10)12(20)15-13(7-9(18)19)5-3-4-6-13/h8H,3-7H2,1-2H3,(H,15,20)(H,18,19)(H,14,16,17). The fraction of sp³-hybridized carbons (Fsp3) is 0.692. The number of aromatic nitrogens is 3. The second kappa shape index (κ2) is 5.60. The molecule has 1 aliphatic rings. The van der Waals surface area contributed by atoms with Crippen molar-refractivity contribution in [2.45, 2.75) is 57.4 Å². The summed E-state index contributed by atoms with van der Waals surface area (Å²) in [6, 6.07) is 0. The monoisotopic (exact) mass is 280 g/mol. The van der Waals surface area contributed by atoms with Gasteiger partial charge in [-0.1, -0.05) is 26.7 Å². The van der Waals surface area contributed by atoms with Gasteiger partial charge >= 0.3 is 5.97 Å². The highest BCUT2D eigenvalue weighted by Crippen LogP contribution is 2.32. The van der Waals surface area contributed by atoms with E-state index in [2.05, 4.69) is 20.5 Å². The molecule has 1 aliphatic carbocycles. The Bertz CT molecular complexity index is 503. The average Bonchev–Trinajstić information content (AvgIpc) is 2.96. The lowest BCUT2D eigenvalue weighted by molar-refractivity contribution is -0.138. The molecule has 1 aromatic rings. The molecule has 1 heterocycles. The van der Waals surface area contributed by atoms with E-state index in [4.69, 9.17) is 5.11 Å². The first-order valence-corrected chi connectivity index (χ1v) is 6.88. The zero-order valence-corrected chi connectivity index (χ0v) is 11.8. The van der Waals surface area contributed by atoms with E-state index in [-0.39, 0.29) is 18.2 Å². The van der Waals surface area contributed by atoms with Crippen LogP contribution >= 0.6 is 0 Å². The molecule has 0 atom stereocenters. The molecule has 7 heteroatoms. The summed E-state index contributed by atoms with van der Waals surface area (Å²) in [6.45, 7) is 3.90. The van der Waals surface area contributed by atoms with Gasteiger partial charge < -0.3 is 10.4 Å². The largest absolute Gasteiger partial charge is 0.481 e. The summed E-state index contributed by atoms with van der Waals surface area (Å²) in [5.74, 6) is -0.427. The van der Waals surface area contributed by atoms with Gasteiger partial charge in [0.1, 0.15) is 5.82 Å². The number of aliphatic carboxylic acids is 1. The maximum absolute atomic E-state index is 12.2. The van der Waals surface area contributed by atoms with Crippen LogP contribution in [-0.4, -0.2) is 37.7 Å². The Morgan fingerprint density at radius 2 is 2.05 bits per heavy atom. The molecule has 0 unspecified atom stereocenters. The second-order valence-corrected chi connectivity index (χ2v) is 5.71. The molecule has 0 saturated heterocycles. The van der Waals surface area contributed by atoms with Crippen molar-refractivity contribution < 1.29 is 14.7 Å². The molecule has 0 spiro atoms. The van der Waals surface area contributed by atoms with E-state index in [1.54, 1.807) is 0 Å². The number of hydrogen-bond donors (Lipinski definition) is 3. The summed E-state index contributed by atoms with van der Waals surface area (Å²) in [7, 11) is 0. The van der Waals surface area contributed by atoms with Gasteiger partial charge in [0.05, 0.1) is 12.0 Å². The Kier molecular flexibility index (Phi) is 4.06. The van der Waals surface area contributed by atoms with Crippen molar-refractivity contribution in [1.29, 1.82) is 0 Å². The lowest BCUT2D eigenvalue weighted by atomic mass is 9.93. The third-order valence-electron chi connectivity index (χ3n) is 3.68. The summed E-state index contributed by atoms with van der Waals surface area (Å²) in [6.07, 6.45) is 3.18. The Labute approximate surface area is 117 Å². The van der Waals surface area contributed by atoms with Crippen LogP contribution in [0.1, 0.15) is 68.3 Å². The van der Waals surface area contributed by atoms with Gasteiger partial charge in [0.2, 0.25) is 5.82 Å². The highest BCUT2D eigenvalue weighted by atomic mass is 16.4. The molecule has 110 valence electrons. The van der Waals surface area contributed by atoms with E-state index in [1.807, 2.05) is 13.8 Å². The number of amides is 1. The van der Waals surface area contributed by atoms with Gasteiger partial charge in [0.15, 0.2) is 0 Å². The van der Waals surface area contributed by atoms with Gasteiger partial charge in [0, 0.05) is 5.92 Å². The molecule has 0 aliphatic heterocycles. The number of H-pyrrole nitrogens is 1. The van der Waals surface area contributed by atoms with Gasteiger partial charge in [0.25, 0.3) is 5.91 Å². The molecule has 0 bridgehead atoms. The van der Waals surface area contributed by atoms with Gasteiger partial charge in [-0.3, -0.25) is 14.7 Å². The average molecular weight is 280 g/mol. The Morgan fingerprint density at radius 1 is 1.40 bits per heavy atom. The van der Waals surface area contributed by atoms with E-state index in [9.17, 15) is 9.59 Å². The minimum absolute atomic E-state index is 0.0554. The van der Waals surface area contributed by atoms with Crippen LogP contribution in [0.4, 0.5) is 0 Å². The van der Waals surface area contributed by atoms with Crippen LogP contribution < -0.4 is 5.32 Å². The third kappa shape index (κ3) is 3.15. The maximum Gasteiger partial charge on any atom is 0.305 e. The molecule has 2 rings (SSSR count). The third-order valence-corrected chi connectivity index (χ3v) is 3.68. The van der Waals surface area contributed by atoms with Crippen molar-refractivity contribution in [3.63, 3.8) is 0 Å². The number of aromatic amines is 1. The first-order valence-electron chi connectivity index (χ1n) is 6.88.